The molecular formula is C19H20F4O5S. The summed E-state index contributed by atoms with van der Waals surface area (Å²) in [7, 11) is -2.40. The summed E-state index contributed by atoms with van der Waals surface area (Å²) in [4.78, 5) is -1.81. The predicted octanol–water partition coefficient (Wildman–Crippen LogP) is 4.68. The SMILES string of the molecule is CCC(C)c1c(F)c(F)c(S(=O)(=O)OCc2ccc(OC)c(OC)c2)c(F)c1F. The van der Waals surface area contributed by atoms with E-state index >= 15 is 0 Å². The molecular weight excluding hydrogens is 416 g/mol. The Labute approximate surface area is 166 Å². The van der Waals surface area contributed by atoms with Gasteiger partial charge >= 0.3 is 10.1 Å². The Morgan fingerprint density at radius 2 is 1.48 bits per heavy atom. The van der Waals surface area contributed by atoms with E-state index in [0.29, 0.717) is 5.75 Å². The van der Waals surface area contributed by atoms with E-state index in [-0.39, 0.29) is 17.7 Å². The fraction of sp³-hybridized carbons (Fsp3) is 0.368. The van der Waals surface area contributed by atoms with Gasteiger partial charge in [0.05, 0.1) is 20.8 Å². The monoisotopic (exact) mass is 436 g/mol. The van der Waals surface area contributed by atoms with Gasteiger partial charge in [0.2, 0.25) is 0 Å². The summed E-state index contributed by atoms with van der Waals surface area (Å²) in [5, 5.41) is 0. The first-order valence-electron chi connectivity index (χ1n) is 8.55. The maximum Gasteiger partial charge on any atom is 0.303 e. The third kappa shape index (κ3) is 4.48. The van der Waals surface area contributed by atoms with Gasteiger partial charge < -0.3 is 9.47 Å². The summed E-state index contributed by atoms with van der Waals surface area (Å²) >= 11 is 0. The molecule has 0 aliphatic rings. The second kappa shape index (κ2) is 9.00. The Kier molecular flexibility index (Phi) is 7.12. The van der Waals surface area contributed by atoms with E-state index in [1.165, 1.54) is 39.3 Å². The average Bonchev–Trinajstić information content (AvgIpc) is 2.70. The van der Waals surface area contributed by atoms with Crippen LogP contribution in [-0.4, -0.2) is 22.6 Å². The van der Waals surface area contributed by atoms with Crippen molar-refractivity contribution in [3.05, 3.63) is 52.6 Å². The molecule has 0 heterocycles. The van der Waals surface area contributed by atoms with E-state index in [1.54, 1.807) is 6.92 Å². The Morgan fingerprint density at radius 3 is 1.97 bits per heavy atom. The number of halogens is 4. The van der Waals surface area contributed by atoms with Gasteiger partial charge in [-0.15, -0.1) is 0 Å². The van der Waals surface area contributed by atoms with Crippen molar-refractivity contribution in [1.29, 1.82) is 0 Å². The highest BCUT2D eigenvalue weighted by Gasteiger charge is 2.35. The van der Waals surface area contributed by atoms with E-state index < -0.39 is 56.4 Å². The van der Waals surface area contributed by atoms with Gasteiger partial charge in [0.25, 0.3) is 0 Å². The Bertz CT molecular complexity index is 979. The van der Waals surface area contributed by atoms with Crippen molar-refractivity contribution < 1.29 is 39.6 Å². The number of hydrogen-bond acceptors (Lipinski definition) is 5. The molecule has 1 unspecified atom stereocenters. The quantitative estimate of drug-likeness (QED) is 0.342. The summed E-state index contributed by atoms with van der Waals surface area (Å²) in [6.45, 7) is 2.27. The molecule has 0 amide bonds. The minimum atomic E-state index is -5.15. The van der Waals surface area contributed by atoms with Crippen molar-refractivity contribution in [2.75, 3.05) is 14.2 Å². The molecule has 0 fully saturated rings. The molecule has 0 saturated carbocycles. The number of ether oxygens (including phenoxy) is 2. The molecule has 1 atom stereocenters. The van der Waals surface area contributed by atoms with E-state index in [0.717, 1.165) is 0 Å². The van der Waals surface area contributed by atoms with Crippen LogP contribution in [0.5, 0.6) is 11.5 Å². The van der Waals surface area contributed by atoms with Crippen molar-refractivity contribution >= 4 is 10.1 Å². The molecule has 0 N–H and O–H groups in total. The first-order chi connectivity index (χ1) is 13.6. The number of hydrogen-bond donors (Lipinski definition) is 0. The van der Waals surface area contributed by atoms with E-state index in [4.69, 9.17) is 9.47 Å². The van der Waals surface area contributed by atoms with E-state index in [1.807, 2.05) is 0 Å². The first-order valence-corrected chi connectivity index (χ1v) is 9.95. The molecule has 160 valence electrons. The molecule has 0 radical (unpaired) electrons. The highest BCUT2D eigenvalue weighted by molar-refractivity contribution is 7.86. The molecule has 5 nitrogen and oxygen atoms in total. The summed E-state index contributed by atoms with van der Waals surface area (Å²) in [5.41, 5.74) is -0.592. The maximum absolute atomic E-state index is 14.4. The molecule has 10 heteroatoms. The zero-order valence-electron chi connectivity index (χ0n) is 16.2. The van der Waals surface area contributed by atoms with Crippen LogP contribution in [0.3, 0.4) is 0 Å². The van der Waals surface area contributed by atoms with Gasteiger partial charge in [0.15, 0.2) is 39.7 Å². The van der Waals surface area contributed by atoms with Gasteiger partial charge in [-0.1, -0.05) is 19.9 Å². The third-order valence-electron chi connectivity index (χ3n) is 4.44. The van der Waals surface area contributed by atoms with Crippen LogP contribution < -0.4 is 9.47 Å². The van der Waals surface area contributed by atoms with Crippen LogP contribution in [0.15, 0.2) is 23.1 Å². The summed E-state index contributed by atoms with van der Waals surface area (Å²) in [5.74, 6) is -7.79. The fourth-order valence-corrected chi connectivity index (χ4v) is 3.69. The smallest absolute Gasteiger partial charge is 0.303 e. The normalized spacial score (nSPS) is 12.7. The number of benzene rings is 2. The van der Waals surface area contributed by atoms with Crippen molar-refractivity contribution in [2.24, 2.45) is 0 Å². The lowest BCUT2D eigenvalue weighted by Crippen LogP contribution is -2.17. The van der Waals surface area contributed by atoms with Gasteiger partial charge in [-0.3, -0.25) is 4.18 Å². The van der Waals surface area contributed by atoms with Crippen molar-refractivity contribution in [2.45, 2.75) is 37.7 Å². The Morgan fingerprint density at radius 1 is 0.931 bits per heavy atom. The van der Waals surface area contributed by atoms with Gasteiger partial charge in [-0.25, -0.2) is 17.6 Å². The van der Waals surface area contributed by atoms with Crippen LogP contribution in [0.25, 0.3) is 0 Å². The van der Waals surface area contributed by atoms with Crippen molar-refractivity contribution in [1.82, 2.24) is 0 Å². The lowest BCUT2D eigenvalue weighted by atomic mass is 9.97. The van der Waals surface area contributed by atoms with Crippen LogP contribution >= 0.6 is 0 Å². The second-order valence-electron chi connectivity index (χ2n) is 6.21. The number of methoxy groups -OCH3 is 2. The fourth-order valence-electron chi connectivity index (χ4n) is 2.66. The van der Waals surface area contributed by atoms with Crippen LogP contribution in [0.1, 0.15) is 37.3 Å². The highest BCUT2D eigenvalue weighted by atomic mass is 32.2. The molecule has 2 aromatic rings. The minimum absolute atomic E-state index is 0.189. The highest BCUT2D eigenvalue weighted by Crippen LogP contribution is 2.34. The molecule has 0 spiro atoms. The van der Waals surface area contributed by atoms with Gasteiger partial charge in [0.1, 0.15) is 0 Å². The van der Waals surface area contributed by atoms with E-state index in [9.17, 15) is 26.0 Å². The molecule has 0 aromatic heterocycles. The average molecular weight is 436 g/mol. The van der Waals surface area contributed by atoms with Gasteiger partial charge in [0, 0.05) is 5.56 Å². The summed E-state index contributed by atoms with van der Waals surface area (Å²) in [6.07, 6.45) is 0.189. The van der Waals surface area contributed by atoms with E-state index in [2.05, 4.69) is 4.18 Å². The topological polar surface area (TPSA) is 61.8 Å². The molecule has 0 aliphatic carbocycles. The predicted molar refractivity (Wildman–Crippen MR) is 96.5 cm³/mol. The second-order valence-corrected chi connectivity index (χ2v) is 7.77. The molecule has 0 bridgehead atoms. The largest absolute Gasteiger partial charge is 0.493 e. The van der Waals surface area contributed by atoms with Crippen LogP contribution in [0, 0.1) is 23.3 Å². The number of rotatable bonds is 8. The minimum Gasteiger partial charge on any atom is -0.493 e. The maximum atomic E-state index is 14.4. The van der Waals surface area contributed by atoms with Crippen LogP contribution in [0.4, 0.5) is 17.6 Å². The first kappa shape index (κ1) is 23.0. The van der Waals surface area contributed by atoms with Gasteiger partial charge in [-0.05, 0) is 30.0 Å². The molecule has 29 heavy (non-hydrogen) atoms. The van der Waals surface area contributed by atoms with Crippen LogP contribution in [0.2, 0.25) is 0 Å². The lowest BCUT2D eigenvalue weighted by molar-refractivity contribution is 0.297. The summed E-state index contributed by atoms with van der Waals surface area (Å²) in [6, 6.07) is 4.27. The van der Waals surface area contributed by atoms with Crippen molar-refractivity contribution in [3.8, 4) is 11.5 Å². The zero-order valence-corrected chi connectivity index (χ0v) is 17.0. The zero-order chi connectivity index (χ0) is 21.9. The van der Waals surface area contributed by atoms with Gasteiger partial charge in [-0.2, -0.15) is 8.42 Å². The molecule has 0 aliphatic heterocycles. The molecule has 2 rings (SSSR count). The molecule has 2 aromatic carbocycles. The Balaban J connectivity index is 2.42. The Hall–Kier alpha value is -2.33. The lowest BCUT2D eigenvalue weighted by Gasteiger charge is -2.16. The van der Waals surface area contributed by atoms with Crippen molar-refractivity contribution in [3.63, 3.8) is 0 Å². The molecule has 0 saturated heterocycles. The third-order valence-corrected chi connectivity index (χ3v) is 5.73. The summed E-state index contributed by atoms with van der Waals surface area (Å²) < 4.78 is 96.6. The standard InChI is InChI=1S/C19H20F4O5S/c1-5-10(2)14-15(20)17(22)19(18(23)16(14)21)29(24,25)28-9-11-6-7-12(26-3)13(8-11)27-4/h6-8,10H,5,9H2,1-4H3. The van der Waals surface area contributed by atoms with Crippen LogP contribution in [-0.2, 0) is 20.9 Å².